The van der Waals surface area contributed by atoms with Gasteiger partial charge in [-0.1, -0.05) is 18.2 Å². The summed E-state index contributed by atoms with van der Waals surface area (Å²) in [6.07, 6.45) is 5.87. The molecule has 0 radical (unpaired) electrons. The van der Waals surface area contributed by atoms with Crippen LogP contribution in [0.3, 0.4) is 0 Å². The van der Waals surface area contributed by atoms with Crippen molar-refractivity contribution in [1.82, 2.24) is 29.8 Å². The van der Waals surface area contributed by atoms with Crippen LogP contribution >= 0.6 is 15.9 Å². The first-order valence-corrected chi connectivity index (χ1v) is 8.80. The molecule has 1 aliphatic carbocycles. The van der Waals surface area contributed by atoms with E-state index in [0.717, 1.165) is 40.7 Å². The molecule has 0 fully saturated rings. The fourth-order valence-electron chi connectivity index (χ4n) is 2.80. The third kappa shape index (κ3) is 3.42. The molecule has 3 rings (SSSR count). The van der Waals surface area contributed by atoms with Crippen molar-refractivity contribution in [3.63, 3.8) is 0 Å². The Labute approximate surface area is 153 Å². The zero-order valence-electron chi connectivity index (χ0n) is 14.1. The lowest BCUT2D eigenvalue weighted by molar-refractivity contribution is 0.0878. The van der Waals surface area contributed by atoms with E-state index in [1.165, 1.54) is 5.01 Å². The van der Waals surface area contributed by atoms with E-state index in [1.54, 1.807) is 37.3 Å². The average Bonchev–Trinajstić information content (AvgIpc) is 2.97. The molecule has 0 saturated heterocycles. The van der Waals surface area contributed by atoms with Crippen LogP contribution < -0.4 is 5.69 Å². The number of hydrogen-bond acceptors (Lipinski definition) is 5. The highest BCUT2D eigenvalue weighted by Crippen LogP contribution is 2.22. The van der Waals surface area contributed by atoms with E-state index in [1.807, 2.05) is 12.1 Å². The van der Waals surface area contributed by atoms with Gasteiger partial charge in [0, 0.05) is 24.3 Å². The first-order chi connectivity index (χ1) is 12.0. The van der Waals surface area contributed by atoms with Crippen molar-refractivity contribution in [2.45, 2.75) is 25.7 Å². The molecule has 2 aromatic rings. The lowest BCUT2D eigenvalue weighted by Crippen LogP contribution is -2.47. The Kier molecular flexibility index (Phi) is 5.14. The number of amides is 1. The fourth-order valence-corrected chi connectivity index (χ4v) is 3.25. The molecule has 8 nitrogen and oxygen atoms in total. The molecule has 0 N–H and O–H groups in total. The van der Waals surface area contributed by atoms with Crippen molar-refractivity contribution >= 4 is 22.0 Å². The van der Waals surface area contributed by atoms with E-state index in [0.29, 0.717) is 10.2 Å². The molecule has 0 bridgehead atoms. The second kappa shape index (κ2) is 7.32. The number of carbonyl (C=O) groups is 1. The third-order valence-corrected chi connectivity index (χ3v) is 4.63. The smallest absolute Gasteiger partial charge is 0.244 e. The summed E-state index contributed by atoms with van der Waals surface area (Å²) in [4.78, 5) is 25.6. The van der Waals surface area contributed by atoms with Gasteiger partial charge in [0.25, 0.3) is 0 Å². The zero-order chi connectivity index (χ0) is 18.0. The van der Waals surface area contributed by atoms with Crippen molar-refractivity contribution in [1.29, 1.82) is 0 Å². The van der Waals surface area contributed by atoms with Crippen molar-refractivity contribution < 1.29 is 4.79 Å². The number of aromatic nitrogens is 4. The van der Waals surface area contributed by atoms with E-state index in [9.17, 15) is 9.59 Å². The van der Waals surface area contributed by atoms with Crippen LogP contribution in [-0.4, -0.2) is 49.9 Å². The van der Waals surface area contributed by atoms with Gasteiger partial charge in [0.2, 0.25) is 0 Å². The Morgan fingerprint density at radius 1 is 1.20 bits per heavy atom. The molecule has 0 atom stereocenters. The Morgan fingerprint density at radius 2 is 1.96 bits per heavy atom. The van der Waals surface area contributed by atoms with E-state index < -0.39 is 11.7 Å². The van der Waals surface area contributed by atoms with Crippen LogP contribution in [-0.2, 0) is 0 Å². The maximum atomic E-state index is 12.9. The Hall–Kier alpha value is -2.26. The minimum atomic E-state index is -0.611. The first kappa shape index (κ1) is 17.6. The molecule has 0 unspecified atom stereocenters. The third-order valence-electron chi connectivity index (χ3n) is 3.96. The van der Waals surface area contributed by atoms with Crippen LogP contribution in [0.15, 0.2) is 45.3 Å². The normalized spacial score (nSPS) is 14.5. The van der Waals surface area contributed by atoms with Gasteiger partial charge in [-0.3, -0.25) is 0 Å². The Bertz CT molecular complexity index is 870. The van der Waals surface area contributed by atoms with E-state index >= 15 is 0 Å². The second-order valence-electron chi connectivity index (χ2n) is 5.92. The minimum Gasteiger partial charge on any atom is -0.244 e. The summed E-state index contributed by atoms with van der Waals surface area (Å²) < 4.78 is 2.58. The van der Waals surface area contributed by atoms with Crippen LogP contribution in [0.2, 0.25) is 0 Å². The maximum Gasteiger partial charge on any atom is 0.377 e. The zero-order valence-corrected chi connectivity index (χ0v) is 15.7. The van der Waals surface area contributed by atoms with Crippen molar-refractivity contribution in [2.24, 2.45) is 0 Å². The molecule has 1 heterocycles. The molecular weight excluding hydrogens is 388 g/mol. The molecule has 1 aromatic heterocycles. The molecule has 1 aromatic carbocycles. The monoisotopic (exact) mass is 406 g/mol. The number of benzene rings is 1. The average molecular weight is 407 g/mol. The lowest BCUT2D eigenvalue weighted by atomic mass is 10.0. The Morgan fingerprint density at radius 3 is 2.60 bits per heavy atom. The van der Waals surface area contributed by atoms with Gasteiger partial charge in [-0.2, -0.15) is 4.68 Å². The van der Waals surface area contributed by atoms with Crippen molar-refractivity contribution in [3.05, 3.63) is 51.0 Å². The van der Waals surface area contributed by atoms with Crippen LogP contribution in [0.5, 0.6) is 0 Å². The van der Waals surface area contributed by atoms with Crippen LogP contribution in [0.25, 0.3) is 5.69 Å². The number of rotatable bonds is 3. The van der Waals surface area contributed by atoms with Gasteiger partial charge in [-0.05, 0) is 64.2 Å². The van der Waals surface area contributed by atoms with E-state index in [-0.39, 0.29) is 0 Å². The number of hydrazine groups is 1. The number of carbonyl (C=O) groups excluding carboxylic acids is 1. The summed E-state index contributed by atoms with van der Waals surface area (Å²) >= 11 is 3.38. The number of tetrazole rings is 1. The highest BCUT2D eigenvalue weighted by molar-refractivity contribution is 9.10. The molecule has 9 heteroatoms. The summed E-state index contributed by atoms with van der Waals surface area (Å²) in [6.45, 7) is 0. The summed E-state index contributed by atoms with van der Waals surface area (Å²) in [6, 6.07) is 6.59. The largest absolute Gasteiger partial charge is 0.377 e. The predicted molar refractivity (Wildman–Crippen MR) is 96.2 cm³/mol. The molecule has 1 aliphatic rings. The lowest BCUT2D eigenvalue weighted by Gasteiger charge is -2.31. The SMILES string of the molecule is CN(C)N(C(=O)n1nnn(-c2ccccc2Br)c1=O)C1=CCCCC1. The standard InChI is InChI=1S/C16H19BrN6O2/c1-20(2)23(12-8-4-3-5-9-12)16(25)22-15(24)21(18-19-22)14-11-7-6-10-13(14)17/h6-8,10-11H,3-5,9H2,1-2H3. The highest BCUT2D eigenvalue weighted by atomic mass is 79.9. The summed E-state index contributed by atoms with van der Waals surface area (Å²) in [5.41, 5.74) is 0.795. The molecule has 25 heavy (non-hydrogen) atoms. The summed E-state index contributed by atoms with van der Waals surface area (Å²) in [5, 5.41) is 10.8. The van der Waals surface area contributed by atoms with Crippen LogP contribution in [0.4, 0.5) is 4.79 Å². The number of halogens is 1. The van der Waals surface area contributed by atoms with Gasteiger partial charge in [-0.15, -0.1) is 4.68 Å². The molecule has 0 spiro atoms. The number of para-hydroxylation sites is 1. The molecule has 132 valence electrons. The number of nitrogens with zero attached hydrogens (tertiary/aromatic N) is 6. The highest BCUT2D eigenvalue weighted by Gasteiger charge is 2.27. The van der Waals surface area contributed by atoms with Gasteiger partial charge in [0.15, 0.2) is 0 Å². The predicted octanol–water partition coefficient (Wildman–Crippen LogP) is 2.40. The topological polar surface area (TPSA) is 76.3 Å². The van der Waals surface area contributed by atoms with Crippen LogP contribution in [0.1, 0.15) is 25.7 Å². The van der Waals surface area contributed by atoms with Gasteiger partial charge >= 0.3 is 11.7 Å². The number of allylic oxidation sites excluding steroid dienone is 2. The fraction of sp³-hybridized carbons (Fsp3) is 0.375. The quantitative estimate of drug-likeness (QED) is 0.577. The summed E-state index contributed by atoms with van der Waals surface area (Å²) in [5.74, 6) is 0. The minimum absolute atomic E-state index is 0.528. The molecule has 1 amide bonds. The molecule has 0 saturated carbocycles. The first-order valence-electron chi connectivity index (χ1n) is 8.01. The van der Waals surface area contributed by atoms with E-state index in [4.69, 9.17) is 0 Å². The van der Waals surface area contributed by atoms with Gasteiger partial charge in [0.05, 0.1) is 5.69 Å². The molecular formula is C16H19BrN6O2. The van der Waals surface area contributed by atoms with Gasteiger partial charge in [0.1, 0.15) is 0 Å². The van der Waals surface area contributed by atoms with E-state index in [2.05, 4.69) is 26.4 Å². The second-order valence-corrected chi connectivity index (χ2v) is 6.77. The summed E-state index contributed by atoms with van der Waals surface area (Å²) in [7, 11) is 3.52. The molecule has 0 aliphatic heterocycles. The van der Waals surface area contributed by atoms with Gasteiger partial charge in [-0.25, -0.2) is 19.6 Å². The number of hydrogen-bond donors (Lipinski definition) is 0. The van der Waals surface area contributed by atoms with Crippen molar-refractivity contribution in [2.75, 3.05) is 14.1 Å². The van der Waals surface area contributed by atoms with Crippen LogP contribution in [0, 0.1) is 0 Å². The van der Waals surface area contributed by atoms with Crippen molar-refractivity contribution in [3.8, 4) is 5.69 Å². The Balaban J connectivity index is 1.99. The maximum absolute atomic E-state index is 12.9. The van der Waals surface area contributed by atoms with Gasteiger partial charge < -0.3 is 0 Å².